The lowest BCUT2D eigenvalue weighted by molar-refractivity contribution is -0.118. The summed E-state index contributed by atoms with van der Waals surface area (Å²) < 4.78 is 1.71. The van der Waals surface area contributed by atoms with Gasteiger partial charge in [-0.2, -0.15) is 0 Å². The van der Waals surface area contributed by atoms with Crippen molar-refractivity contribution >= 4 is 49.5 Å². The van der Waals surface area contributed by atoms with Gasteiger partial charge in [0.15, 0.2) is 0 Å². The van der Waals surface area contributed by atoms with E-state index in [0.29, 0.717) is 18.8 Å². The molecule has 0 fully saturated rings. The minimum absolute atomic E-state index is 0.118. The molecule has 0 unspecified atom stereocenters. The van der Waals surface area contributed by atoms with E-state index in [1.54, 1.807) is 6.07 Å². The van der Waals surface area contributed by atoms with Crippen LogP contribution in [0.25, 0.3) is 0 Å². The average molecular weight is 379 g/mol. The van der Waals surface area contributed by atoms with E-state index >= 15 is 0 Å². The first kappa shape index (κ1) is 15.0. The van der Waals surface area contributed by atoms with Crippen molar-refractivity contribution in [3.8, 4) is 0 Å². The maximum absolute atomic E-state index is 11.5. The Morgan fingerprint density at radius 3 is 2.44 bits per heavy atom. The van der Waals surface area contributed by atoms with Crippen molar-refractivity contribution in [2.75, 3.05) is 18.4 Å². The van der Waals surface area contributed by atoms with Crippen LogP contribution in [0.5, 0.6) is 0 Å². The van der Waals surface area contributed by atoms with E-state index in [1.165, 1.54) is 6.92 Å². The van der Waals surface area contributed by atoms with E-state index in [0.717, 1.165) is 8.95 Å². The molecule has 3 N–H and O–H groups in total. The first-order valence-electron chi connectivity index (χ1n) is 5.23. The second kappa shape index (κ2) is 7.38. The van der Waals surface area contributed by atoms with E-state index in [4.69, 9.17) is 0 Å². The van der Waals surface area contributed by atoms with Crippen LogP contribution in [-0.4, -0.2) is 25.0 Å². The SMILES string of the molecule is CC(=O)NCCNC(=O)Nc1ccc(Br)cc1Br. The van der Waals surface area contributed by atoms with Crippen molar-refractivity contribution in [2.45, 2.75) is 6.92 Å². The van der Waals surface area contributed by atoms with Gasteiger partial charge in [-0.1, -0.05) is 15.9 Å². The van der Waals surface area contributed by atoms with E-state index in [-0.39, 0.29) is 11.9 Å². The lowest BCUT2D eigenvalue weighted by atomic mass is 10.3. The predicted octanol–water partition coefficient (Wildman–Crippen LogP) is 2.47. The summed E-state index contributed by atoms with van der Waals surface area (Å²) in [4.78, 5) is 22.1. The van der Waals surface area contributed by atoms with Gasteiger partial charge in [-0.15, -0.1) is 0 Å². The summed E-state index contributed by atoms with van der Waals surface area (Å²) in [5, 5.41) is 7.91. The molecule has 0 atom stereocenters. The summed E-state index contributed by atoms with van der Waals surface area (Å²) in [5.41, 5.74) is 0.676. The highest BCUT2D eigenvalue weighted by Crippen LogP contribution is 2.25. The van der Waals surface area contributed by atoms with Gasteiger partial charge in [-0.05, 0) is 34.1 Å². The van der Waals surface area contributed by atoms with Gasteiger partial charge in [0.1, 0.15) is 0 Å². The normalized spacial score (nSPS) is 9.72. The van der Waals surface area contributed by atoms with Crippen LogP contribution in [0.1, 0.15) is 6.92 Å². The van der Waals surface area contributed by atoms with Crippen molar-refractivity contribution in [1.82, 2.24) is 10.6 Å². The molecule has 0 radical (unpaired) electrons. The highest BCUT2D eigenvalue weighted by atomic mass is 79.9. The lowest BCUT2D eigenvalue weighted by Crippen LogP contribution is -2.36. The number of carbonyl (C=O) groups is 2. The highest BCUT2D eigenvalue weighted by molar-refractivity contribution is 9.11. The molecule has 5 nitrogen and oxygen atoms in total. The number of rotatable bonds is 4. The molecule has 98 valence electrons. The van der Waals surface area contributed by atoms with Gasteiger partial charge >= 0.3 is 6.03 Å². The molecule has 18 heavy (non-hydrogen) atoms. The molecule has 1 aromatic carbocycles. The third kappa shape index (κ3) is 5.50. The largest absolute Gasteiger partial charge is 0.355 e. The second-order valence-corrected chi connectivity index (χ2v) is 5.26. The predicted molar refractivity (Wildman–Crippen MR) is 77.5 cm³/mol. The molecule has 0 spiro atoms. The molecule has 1 rings (SSSR count). The fraction of sp³-hybridized carbons (Fsp3) is 0.273. The minimum Gasteiger partial charge on any atom is -0.355 e. The molecular formula is C11H13Br2N3O2. The zero-order valence-electron chi connectivity index (χ0n) is 9.72. The van der Waals surface area contributed by atoms with Crippen LogP contribution in [0.3, 0.4) is 0 Å². The summed E-state index contributed by atoms with van der Waals surface area (Å²) in [6.07, 6.45) is 0. The number of benzene rings is 1. The Kier molecular flexibility index (Phi) is 6.14. The second-order valence-electron chi connectivity index (χ2n) is 3.49. The average Bonchev–Trinajstić information content (AvgIpc) is 2.28. The Balaban J connectivity index is 2.38. The van der Waals surface area contributed by atoms with Crippen LogP contribution in [0, 0.1) is 0 Å². The number of halogens is 2. The summed E-state index contributed by atoms with van der Waals surface area (Å²) in [6, 6.07) is 5.13. The Morgan fingerprint density at radius 2 is 1.83 bits per heavy atom. The standard InChI is InChI=1S/C11H13Br2N3O2/c1-7(17)14-4-5-15-11(18)16-10-3-2-8(12)6-9(10)13/h2-3,6H,4-5H2,1H3,(H,14,17)(H2,15,16,18). The molecule has 0 aliphatic rings. The first-order chi connectivity index (χ1) is 8.49. The number of hydrogen-bond donors (Lipinski definition) is 3. The number of nitrogens with one attached hydrogen (secondary N) is 3. The van der Waals surface area contributed by atoms with Crippen LogP contribution < -0.4 is 16.0 Å². The molecule has 0 aliphatic carbocycles. The number of amides is 3. The molecule has 0 aliphatic heterocycles. The molecule has 1 aromatic rings. The molecular weight excluding hydrogens is 366 g/mol. The fourth-order valence-corrected chi connectivity index (χ4v) is 2.32. The van der Waals surface area contributed by atoms with Gasteiger partial charge in [0.2, 0.25) is 5.91 Å². The third-order valence-corrected chi connectivity index (χ3v) is 3.11. The monoisotopic (exact) mass is 377 g/mol. The Morgan fingerprint density at radius 1 is 1.17 bits per heavy atom. The lowest BCUT2D eigenvalue weighted by Gasteiger charge is -2.09. The van der Waals surface area contributed by atoms with Crippen LogP contribution >= 0.6 is 31.9 Å². The van der Waals surface area contributed by atoms with Crippen molar-refractivity contribution in [2.24, 2.45) is 0 Å². The zero-order chi connectivity index (χ0) is 13.5. The topological polar surface area (TPSA) is 70.2 Å². The van der Waals surface area contributed by atoms with Crippen molar-refractivity contribution in [1.29, 1.82) is 0 Å². The fourth-order valence-electron chi connectivity index (χ4n) is 1.17. The molecule has 3 amide bonds. The number of anilines is 1. The van der Waals surface area contributed by atoms with Gasteiger partial charge < -0.3 is 16.0 Å². The maximum Gasteiger partial charge on any atom is 0.319 e. The number of carbonyl (C=O) groups excluding carboxylic acids is 2. The van der Waals surface area contributed by atoms with Gasteiger partial charge in [-0.25, -0.2) is 4.79 Å². The molecule has 0 bridgehead atoms. The van der Waals surface area contributed by atoms with Crippen molar-refractivity contribution in [3.05, 3.63) is 27.1 Å². The zero-order valence-corrected chi connectivity index (χ0v) is 12.9. The Labute approximate surface area is 122 Å². The summed E-state index contributed by atoms with van der Waals surface area (Å²) in [5.74, 6) is -0.118. The highest BCUT2D eigenvalue weighted by Gasteiger charge is 2.04. The Hall–Kier alpha value is -1.08. The molecule has 0 saturated heterocycles. The van der Waals surface area contributed by atoms with Gasteiger partial charge in [0, 0.05) is 29.0 Å². The molecule has 7 heteroatoms. The van der Waals surface area contributed by atoms with Crippen molar-refractivity contribution < 1.29 is 9.59 Å². The van der Waals surface area contributed by atoms with Gasteiger partial charge in [0.05, 0.1) is 5.69 Å². The first-order valence-corrected chi connectivity index (χ1v) is 6.82. The third-order valence-electron chi connectivity index (χ3n) is 1.96. The van der Waals surface area contributed by atoms with Crippen LogP contribution in [-0.2, 0) is 4.79 Å². The van der Waals surface area contributed by atoms with Gasteiger partial charge in [0.25, 0.3) is 0 Å². The maximum atomic E-state index is 11.5. The summed E-state index contributed by atoms with van der Waals surface area (Å²) in [6.45, 7) is 2.21. The van der Waals surface area contributed by atoms with E-state index < -0.39 is 0 Å². The number of hydrogen-bond acceptors (Lipinski definition) is 2. The van der Waals surface area contributed by atoms with Crippen molar-refractivity contribution in [3.63, 3.8) is 0 Å². The van der Waals surface area contributed by atoms with Crippen LogP contribution in [0.4, 0.5) is 10.5 Å². The van der Waals surface area contributed by atoms with E-state index in [1.807, 2.05) is 12.1 Å². The summed E-state index contributed by atoms with van der Waals surface area (Å²) >= 11 is 6.68. The van der Waals surface area contributed by atoms with Gasteiger partial charge in [-0.3, -0.25) is 4.79 Å². The number of urea groups is 1. The minimum atomic E-state index is -0.316. The molecule has 0 saturated carbocycles. The van der Waals surface area contributed by atoms with E-state index in [2.05, 4.69) is 47.8 Å². The van der Waals surface area contributed by atoms with Crippen LogP contribution in [0.2, 0.25) is 0 Å². The molecule has 0 aromatic heterocycles. The summed E-state index contributed by atoms with van der Waals surface area (Å²) in [7, 11) is 0. The van der Waals surface area contributed by atoms with E-state index in [9.17, 15) is 9.59 Å². The smallest absolute Gasteiger partial charge is 0.319 e. The molecule has 0 heterocycles. The quantitative estimate of drug-likeness (QED) is 0.704. The van der Waals surface area contributed by atoms with Crippen LogP contribution in [0.15, 0.2) is 27.1 Å². The Bertz CT molecular complexity index is 452.